The molecule has 0 radical (unpaired) electrons. The van der Waals surface area contributed by atoms with E-state index in [0.717, 1.165) is 4.43 Å². The molecule has 1 heterocycles. The highest BCUT2D eigenvalue weighted by molar-refractivity contribution is 14.1. The molecule has 1 aromatic heterocycles. The van der Waals surface area contributed by atoms with E-state index in [0.29, 0.717) is 18.1 Å². The van der Waals surface area contributed by atoms with Crippen LogP contribution < -0.4 is 0 Å². The molecule has 0 atom stereocenters. The summed E-state index contributed by atoms with van der Waals surface area (Å²) in [4.78, 5) is 11.9. The fourth-order valence-electron chi connectivity index (χ4n) is 1.20. The maximum Gasteiger partial charge on any atom is 0.421 e. The van der Waals surface area contributed by atoms with Gasteiger partial charge in [0.15, 0.2) is 0 Å². The summed E-state index contributed by atoms with van der Waals surface area (Å²) in [6.45, 7) is 7.25. The molecule has 0 aliphatic rings. The van der Waals surface area contributed by atoms with Crippen LogP contribution in [0.2, 0.25) is 0 Å². The van der Waals surface area contributed by atoms with Crippen molar-refractivity contribution in [2.45, 2.75) is 39.7 Å². The van der Waals surface area contributed by atoms with Gasteiger partial charge in [0.05, 0.1) is 0 Å². The van der Waals surface area contributed by atoms with Gasteiger partial charge in [-0.2, -0.15) is 0 Å². The van der Waals surface area contributed by atoms with E-state index in [1.54, 1.807) is 6.92 Å². The van der Waals surface area contributed by atoms with Gasteiger partial charge in [0, 0.05) is 10.8 Å². The van der Waals surface area contributed by atoms with Gasteiger partial charge in [0.25, 0.3) is 0 Å². The van der Waals surface area contributed by atoms with Gasteiger partial charge in [-0.1, -0.05) is 22.6 Å². The van der Waals surface area contributed by atoms with Gasteiger partial charge >= 0.3 is 6.09 Å². The third-order valence-corrected chi connectivity index (χ3v) is 2.33. The molecule has 0 saturated heterocycles. The van der Waals surface area contributed by atoms with E-state index in [2.05, 4.69) is 32.8 Å². The van der Waals surface area contributed by atoms with Crippen molar-refractivity contribution in [1.29, 1.82) is 0 Å². The summed E-state index contributed by atoms with van der Waals surface area (Å²) in [7, 11) is 0. The first kappa shape index (κ1) is 13.4. The molecule has 0 fully saturated rings. The molecule has 0 aromatic carbocycles. The predicted molar refractivity (Wildman–Crippen MR) is 69.0 cm³/mol. The van der Waals surface area contributed by atoms with Crippen molar-refractivity contribution >= 4 is 28.7 Å². The number of ether oxygens (including phenoxy) is 1. The highest BCUT2D eigenvalue weighted by atomic mass is 127. The zero-order valence-corrected chi connectivity index (χ0v) is 12.1. The Morgan fingerprint density at radius 3 is 2.56 bits per heavy atom. The largest absolute Gasteiger partial charge is 0.443 e. The molecule has 0 unspecified atom stereocenters. The van der Waals surface area contributed by atoms with Gasteiger partial charge < -0.3 is 4.74 Å². The smallest absolute Gasteiger partial charge is 0.421 e. The van der Waals surface area contributed by atoms with Crippen LogP contribution >= 0.6 is 22.6 Å². The number of hydrogen-bond acceptors (Lipinski definition) is 4. The van der Waals surface area contributed by atoms with Gasteiger partial charge in [-0.15, -0.1) is 10.2 Å². The molecule has 6 heteroatoms. The first-order chi connectivity index (χ1) is 7.35. The Bertz CT molecular complexity index is 382. The van der Waals surface area contributed by atoms with Crippen molar-refractivity contribution in [1.82, 2.24) is 14.8 Å². The second-order valence-electron chi connectivity index (χ2n) is 4.42. The molecule has 0 aliphatic carbocycles. The van der Waals surface area contributed by atoms with Crippen LogP contribution in [0.15, 0.2) is 0 Å². The summed E-state index contributed by atoms with van der Waals surface area (Å²) in [5.41, 5.74) is -0.505. The number of carbonyl (C=O) groups excluding carboxylic acids is 1. The minimum Gasteiger partial charge on any atom is -0.443 e. The molecule has 0 aliphatic heterocycles. The van der Waals surface area contributed by atoms with Gasteiger partial charge in [0.2, 0.25) is 0 Å². The molecule has 0 saturated carbocycles. The van der Waals surface area contributed by atoms with Crippen molar-refractivity contribution < 1.29 is 9.53 Å². The van der Waals surface area contributed by atoms with E-state index in [9.17, 15) is 4.79 Å². The number of carbonyl (C=O) groups is 1. The van der Waals surface area contributed by atoms with Crippen LogP contribution in [0.5, 0.6) is 0 Å². The Labute approximate surface area is 109 Å². The lowest BCUT2D eigenvalue weighted by Gasteiger charge is -2.20. The first-order valence-corrected chi connectivity index (χ1v) is 6.58. The van der Waals surface area contributed by atoms with E-state index < -0.39 is 11.7 Å². The highest BCUT2D eigenvalue weighted by Crippen LogP contribution is 2.12. The van der Waals surface area contributed by atoms with Crippen LogP contribution in [0, 0.1) is 6.92 Å². The van der Waals surface area contributed by atoms with Crippen LogP contribution in [-0.2, 0) is 11.2 Å². The summed E-state index contributed by atoms with van der Waals surface area (Å²) in [5.74, 6) is 1.22. The van der Waals surface area contributed by atoms with Crippen molar-refractivity contribution in [3.8, 4) is 0 Å². The Morgan fingerprint density at radius 1 is 1.44 bits per heavy atom. The molecule has 5 nitrogen and oxygen atoms in total. The van der Waals surface area contributed by atoms with Crippen molar-refractivity contribution in [3.05, 3.63) is 11.6 Å². The zero-order valence-electron chi connectivity index (χ0n) is 9.95. The van der Waals surface area contributed by atoms with E-state index in [4.69, 9.17) is 4.74 Å². The summed E-state index contributed by atoms with van der Waals surface area (Å²) >= 11 is 2.24. The number of alkyl halides is 1. The van der Waals surface area contributed by atoms with E-state index in [1.165, 1.54) is 4.57 Å². The van der Waals surface area contributed by atoms with Gasteiger partial charge in [-0.05, 0) is 27.7 Å². The van der Waals surface area contributed by atoms with E-state index in [1.807, 2.05) is 20.8 Å². The maximum atomic E-state index is 11.9. The highest BCUT2D eigenvalue weighted by Gasteiger charge is 2.22. The van der Waals surface area contributed by atoms with Crippen molar-refractivity contribution in [2.24, 2.45) is 0 Å². The Balaban J connectivity index is 2.93. The summed E-state index contributed by atoms with van der Waals surface area (Å²) in [6, 6.07) is 0. The normalized spacial score (nSPS) is 11.6. The number of halogens is 1. The minimum absolute atomic E-state index is 0.408. The Kier molecular flexibility index (Phi) is 4.28. The van der Waals surface area contributed by atoms with Crippen LogP contribution in [-0.4, -0.2) is 30.9 Å². The minimum atomic E-state index is -0.505. The first-order valence-electron chi connectivity index (χ1n) is 5.05. The molecular weight excluding hydrogens is 321 g/mol. The third kappa shape index (κ3) is 3.43. The van der Waals surface area contributed by atoms with E-state index >= 15 is 0 Å². The Morgan fingerprint density at radius 2 is 2.06 bits per heavy atom. The number of aromatic nitrogens is 3. The number of rotatable bonds is 2. The SMILES string of the molecule is Cc1nnc(CCI)n1C(=O)OC(C)(C)C. The lowest BCUT2D eigenvalue weighted by molar-refractivity contribution is 0.0528. The molecule has 1 rings (SSSR count). The standard InChI is InChI=1S/C10H16IN3O2/c1-7-12-13-8(5-6-11)14(7)9(15)16-10(2,3)4/h5-6H2,1-4H3. The summed E-state index contributed by atoms with van der Waals surface area (Å²) in [6.07, 6.45) is 0.301. The second kappa shape index (κ2) is 5.11. The van der Waals surface area contributed by atoms with E-state index in [-0.39, 0.29) is 0 Å². The number of aryl methyl sites for hydroxylation is 2. The molecule has 0 bridgehead atoms. The quantitative estimate of drug-likeness (QED) is 0.614. The average molecular weight is 337 g/mol. The summed E-state index contributed by atoms with van der Waals surface area (Å²) < 4.78 is 7.61. The van der Waals surface area contributed by atoms with Crippen LogP contribution in [0.4, 0.5) is 4.79 Å². The molecule has 1 aromatic rings. The van der Waals surface area contributed by atoms with Crippen LogP contribution in [0.1, 0.15) is 32.4 Å². The molecule has 0 amide bonds. The lowest BCUT2D eigenvalue weighted by Crippen LogP contribution is -2.28. The second-order valence-corrected chi connectivity index (χ2v) is 5.50. The average Bonchev–Trinajstić information content (AvgIpc) is 2.44. The fourth-order valence-corrected chi connectivity index (χ4v) is 1.68. The van der Waals surface area contributed by atoms with Gasteiger partial charge in [-0.3, -0.25) is 0 Å². The third-order valence-electron chi connectivity index (χ3n) is 1.79. The lowest BCUT2D eigenvalue weighted by atomic mass is 10.2. The summed E-state index contributed by atoms with van der Waals surface area (Å²) in [5, 5.41) is 7.86. The number of nitrogens with zero attached hydrogens (tertiary/aromatic N) is 3. The van der Waals surface area contributed by atoms with Gasteiger partial charge in [0.1, 0.15) is 17.2 Å². The predicted octanol–water partition coefficient (Wildman–Crippen LogP) is 2.35. The fraction of sp³-hybridized carbons (Fsp3) is 0.700. The molecular formula is C10H16IN3O2. The zero-order chi connectivity index (χ0) is 12.3. The van der Waals surface area contributed by atoms with Crippen LogP contribution in [0.25, 0.3) is 0 Å². The van der Waals surface area contributed by atoms with Gasteiger partial charge in [-0.25, -0.2) is 9.36 Å². The molecule has 90 valence electrons. The van der Waals surface area contributed by atoms with Crippen molar-refractivity contribution in [2.75, 3.05) is 4.43 Å². The molecule has 16 heavy (non-hydrogen) atoms. The topological polar surface area (TPSA) is 57.0 Å². The maximum absolute atomic E-state index is 11.9. The van der Waals surface area contributed by atoms with Crippen molar-refractivity contribution in [3.63, 3.8) is 0 Å². The Hall–Kier alpha value is -0.660. The molecule has 0 spiro atoms. The monoisotopic (exact) mass is 337 g/mol. The number of hydrogen-bond donors (Lipinski definition) is 0. The molecule has 0 N–H and O–H groups in total. The van der Waals surface area contributed by atoms with Crippen LogP contribution in [0.3, 0.4) is 0 Å².